The van der Waals surface area contributed by atoms with E-state index in [1.165, 1.54) is 12.8 Å². The van der Waals surface area contributed by atoms with E-state index in [-0.39, 0.29) is 6.04 Å². The van der Waals surface area contributed by atoms with Gasteiger partial charge >= 0.3 is 0 Å². The fourth-order valence-corrected chi connectivity index (χ4v) is 4.04. The normalized spacial score (nSPS) is 25.9. The van der Waals surface area contributed by atoms with Gasteiger partial charge < -0.3 is 0 Å². The summed E-state index contributed by atoms with van der Waals surface area (Å²) >= 11 is 0. The summed E-state index contributed by atoms with van der Waals surface area (Å²) < 4.78 is 27.8. The molecule has 1 saturated carbocycles. The van der Waals surface area contributed by atoms with Gasteiger partial charge in [0.1, 0.15) is 0 Å². The van der Waals surface area contributed by atoms with Crippen molar-refractivity contribution in [1.82, 2.24) is 8.61 Å². The van der Waals surface area contributed by atoms with Crippen molar-refractivity contribution in [1.29, 1.82) is 0 Å². The first kappa shape index (κ1) is 12.3. The first-order valence-corrected chi connectivity index (χ1v) is 7.66. The molecule has 0 aromatic heterocycles. The molecule has 16 heavy (non-hydrogen) atoms. The van der Waals surface area contributed by atoms with Crippen molar-refractivity contribution in [2.45, 2.75) is 45.1 Å². The minimum atomic E-state index is -3.20. The zero-order chi connectivity index (χ0) is 11.8. The summed E-state index contributed by atoms with van der Waals surface area (Å²) in [5, 5.41) is 0. The van der Waals surface area contributed by atoms with Crippen LogP contribution in [0.3, 0.4) is 0 Å². The van der Waals surface area contributed by atoms with E-state index < -0.39 is 10.2 Å². The van der Waals surface area contributed by atoms with Crippen LogP contribution in [-0.4, -0.2) is 43.2 Å². The lowest BCUT2D eigenvalue weighted by atomic mass is 10.2. The van der Waals surface area contributed by atoms with Crippen molar-refractivity contribution in [2.75, 3.05) is 20.1 Å². The van der Waals surface area contributed by atoms with Gasteiger partial charge in [-0.1, -0.05) is 6.42 Å². The fourth-order valence-electron chi connectivity index (χ4n) is 2.36. The lowest BCUT2D eigenvalue weighted by Gasteiger charge is -2.33. The van der Waals surface area contributed by atoms with E-state index in [1.807, 2.05) is 6.92 Å². The molecule has 0 spiro atoms. The number of hydrogen-bond donors (Lipinski definition) is 0. The maximum absolute atomic E-state index is 12.3. The highest BCUT2D eigenvalue weighted by Gasteiger charge is 2.38. The number of rotatable bonds is 4. The summed E-state index contributed by atoms with van der Waals surface area (Å²) in [7, 11) is -1.47. The van der Waals surface area contributed by atoms with Crippen LogP contribution in [0.1, 0.15) is 39.0 Å². The average molecular weight is 246 g/mol. The lowest BCUT2D eigenvalue weighted by Crippen LogP contribution is -2.48. The predicted molar refractivity (Wildman–Crippen MR) is 64.3 cm³/mol. The lowest BCUT2D eigenvalue weighted by molar-refractivity contribution is 0.285. The van der Waals surface area contributed by atoms with Crippen molar-refractivity contribution in [2.24, 2.45) is 5.92 Å². The number of hydrogen-bond acceptors (Lipinski definition) is 2. The van der Waals surface area contributed by atoms with Crippen LogP contribution in [-0.2, 0) is 10.2 Å². The molecule has 1 unspecified atom stereocenters. The molecule has 1 atom stereocenters. The van der Waals surface area contributed by atoms with Crippen molar-refractivity contribution in [3.8, 4) is 0 Å². The van der Waals surface area contributed by atoms with Crippen molar-refractivity contribution in [3.05, 3.63) is 0 Å². The summed E-state index contributed by atoms with van der Waals surface area (Å²) in [5.74, 6) is 0.588. The van der Waals surface area contributed by atoms with Crippen LogP contribution in [0.5, 0.6) is 0 Å². The molecular weight excluding hydrogens is 224 g/mol. The van der Waals surface area contributed by atoms with Gasteiger partial charge in [0.15, 0.2) is 0 Å². The minimum Gasteiger partial charge on any atom is -0.195 e. The van der Waals surface area contributed by atoms with Gasteiger partial charge in [0.2, 0.25) is 0 Å². The largest absolute Gasteiger partial charge is 0.281 e. The fraction of sp³-hybridized carbons (Fsp3) is 1.00. The highest BCUT2D eigenvalue weighted by atomic mass is 32.2. The van der Waals surface area contributed by atoms with E-state index >= 15 is 0 Å². The molecule has 1 aliphatic heterocycles. The third-order valence-corrected chi connectivity index (χ3v) is 5.96. The second-order valence-corrected chi connectivity index (χ2v) is 7.05. The molecule has 1 heterocycles. The van der Waals surface area contributed by atoms with Crippen molar-refractivity contribution >= 4 is 10.2 Å². The SMILES string of the molecule is CC(C1CC1)N(C)S(=O)(=O)N1CCCCC1. The van der Waals surface area contributed by atoms with E-state index in [4.69, 9.17) is 0 Å². The molecule has 2 fully saturated rings. The van der Waals surface area contributed by atoms with E-state index in [0.29, 0.717) is 19.0 Å². The van der Waals surface area contributed by atoms with Crippen LogP contribution < -0.4 is 0 Å². The third kappa shape index (κ3) is 2.41. The first-order valence-electron chi connectivity index (χ1n) is 6.26. The van der Waals surface area contributed by atoms with Crippen LogP contribution >= 0.6 is 0 Å². The molecule has 1 aliphatic carbocycles. The molecule has 0 aromatic carbocycles. The Kier molecular flexibility index (Phi) is 3.56. The highest BCUT2D eigenvalue weighted by molar-refractivity contribution is 7.86. The van der Waals surface area contributed by atoms with E-state index in [1.54, 1.807) is 15.7 Å². The summed E-state index contributed by atoms with van der Waals surface area (Å²) in [6, 6.07) is 0.159. The Balaban J connectivity index is 2.04. The zero-order valence-corrected chi connectivity index (χ0v) is 11.0. The Bertz CT molecular complexity index is 332. The standard InChI is InChI=1S/C11H22N2O2S/c1-10(11-6-7-11)12(2)16(14,15)13-8-4-3-5-9-13/h10-11H,3-9H2,1-2H3. The van der Waals surface area contributed by atoms with Crippen LogP contribution in [0.25, 0.3) is 0 Å². The zero-order valence-electron chi connectivity index (χ0n) is 10.2. The summed E-state index contributed by atoms with van der Waals surface area (Å²) in [5.41, 5.74) is 0. The Hall–Kier alpha value is -0.130. The molecule has 94 valence electrons. The van der Waals surface area contributed by atoms with Crippen molar-refractivity contribution < 1.29 is 8.42 Å². The summed E-state index contributed by atoms with van der Waals surface area (Å²) in [4.78, 5) is 0. The molecule has 2 aliphatic rings. The van der Waals surface area contributed by atoms with Gasteiger partial charge in [-0.15, -0.1) is 0 Å². The average Bonchev–Trinajstić information content (AvgIpc) is 3.12. The predicted octanol–water partition coefficient (Wildman–Crippen LogP) is 1.45. The van der Waals surface area contributed by atoms with Gasteiger partial charge in [-0.25, -0.2) is 0 Å². The highest BCUT2D eigenvalue weighted by Crippen LogP contribution is 2.36. The van der Waals surface area contributed by atoms with Gasteiger partial charge in [-0.05, 0) is 38.5 Å². The third-order valence-electron chi connectivity index (χ3n) is 3.88. The maximum atomic E-state index is 12.3. The van der Waals surface area contributed by atoms with Gasteiger partial charge in [-0.3, -0.25) is 0 Å². The molecule has 1 saturated heterocycles. The molecule has 0 bridgehead atoms. The Morgan fingerprint density at radius 1 is 1.19 bits per heavy atom. The molecule has 0 amide bonds. The van der Waals surface area contributed by atoms with E-state index in [2.05, 4.69) is 0 Å². The van der Waals surface area contributed by atoms with Crippen molar-refractivity contribution in [3.63, 3.8) is 0 Å². The van der Waals surface area contributed by atoms with Gasteiger partial charge in [-0.2, -0.15) is 17.0 Å². The van der Waals surface area contributed by atoms with Gasteiger partial charge in [0.05, 0.1) is 0 Å². The number of piperidine rings is 1. The van der Waals surface area contributed by atoms with Crippen LogP contribution in [0, 0.1) is 5.92 Å². The van der Waals surface area contributed by atoms with Gasteiger partial charge in [0.25, 0.3) is 10.2 Å². The van der Waals surface area contributed by atoms with E-state index in [0.717, 1.165) is 19.3 Å². The first-order chi connectivity index (χ1) is 7.53. The number of nitrogens with zero attached hydrogens (tertiary/aromatic N) is 2. The Morgan fingerprint density at radius 2 is 1.75 bits per heavy atom. The topological polar surface area (TPSA) is 40.6 Å². The minimum absolute atomic E-state index is 0.159. The molecule has 0 N–H and O–H groups in total. The second-order valence-electron chi connectivity index (χ2n) is 5.06. The second kappa shape index (κ2) is 4.63. The molecular formula is C11H22N2O2S. The quantitative estimate of drug-likeness (QED) is 0.753. The molecule has 5 heteroatoms. The van der Waals surface area contributed by atoms with E-state index in [9.17, 15) is 8.42 Å². The smallest absolute Gasteiger partial charge is 0.195 e. The Morgan fingerprint density at radius 3 is 2.25 bits per heavy atom. The van der Waals surface area contributed by atoms with Crippen LogP contribution in [0.4, 0.5) is 0 Å². The monoisotopic (exact) mass is 246 g/mol. The summed E-state index contributed by atoms with van der Waals surface area (Å²) in [6.07, 6.45) is 5.53. The molecule has 4 nitrogen and oxygen atoms in total. The van der Waals surface area contributed by atoms with Crippen LogP contribution in [0.2, 0.25) is 0 Å². The maximum Gasteiger partial charge on any atom is 0.281 e. The van der Waals surface area contributed by atoms with Gasteiger partial charge in [0, 0.05) is 26.2 Å². The molecule has 0 radical (unpaired) electrons. The van der Waals surface area contributed by atoms with Crippen LogP contribution in [0.15, 0.2) is 0 Å². The molecule has 0 aromatic rings. The summed E-state index contributed by atoms with van der Waals surface area (Å²) in [6.45, 7) is 3.42. The molecule has 2 rings (SSSR count). The Labute approximate surface area is 98.8 Å².